The van der Waals surface area contributed by atoms with Crippen LogP contribution in [-0.4, -0.2) is 75.4 Å². The SMILES string of the molecule is COc1cc(NS(=O)(=O)c2cccc3cccnc23)ccc1C(=O)N1CCN(C(=O)c2cccc(OC)c2F)CC1. The Balaban J connectivity index is 1.29. The number of sulfonamides is 1. The van der Waals surface area contributed by atoms with Gasteiger partial charge in [-0.15, -0.1) is 0 Å². The fraction of sp³-hybridized carbons (Fsp3) is 0.207. The number of aromatic nitrogens is 1. The summed E-state index contributed by atoms with van der Waals surface area (Å²) < 4.78 is 53.9. The average molecular weight is 579 g/mol. The number of anilines is 1. The van der Waals surface area contributed by atoms with Crippen molar-refractivity contribution >= 4 is 38.4 Å². The molecule has 1 aromatic heterocycles. The van der Waals surface area contributed by atoms with Gasteiger partial charge in [0.1, 0.15) is 10.6 Å². The standard InChI is InChI=1S/C29H27FN4O6S/c1-39-23-9-4-8-22(26(23)30)29(36)34-16-14-33(15-17-34)28(35)21-12-11-20(18-24(21)40-2)32-41(37,38)25-10-3-6-19-7-5-13-31-27(19)25/h3-13,18,32H,14-17H2,1-2H3. The molecule has 2 heterocycles. The quantitative estimate of drug-likeness (QED) is 0.355. The number of fused-ring (bicyclic) bond motifs is 1. The number of benzene rings is 3. The maximum atomic E-state index is 14.6. The Morgan fingerprint density at radius 2 is 1.46 bits per heavy atom. The van der Waals surface area contributed by atoms with Gasteiger partial charge in [0, 0.05) is 43.8 Å². The number of methoxy groups -OCH3 is 2. The van der Waals surface area contributed by atoms with Crippen molar-refractivity contribution in [2.45, 2.75) is 4.90 Å². The maximum absolute atomic E-state index is 14.6. The summed E-state index contributed by atoms with van der Waals surface area (Å²) in [4.78, 5) is 33.5. The van der Waals surface area contributed by atoms with Crippen LogP contribution in [-0.2, 0) is 10.0 Å². The number of hydrogen-bond donors (Lipinski definition) is 1. The Labute approximate surface area is 236 Å². The van der Waals surface area contributed by atoms with Gasteiger partial charge in [-0.2, -0.15) is 0 Å². The van der Waals surface area contributed by atoms with Gasteiger partial charge in [0.05, 0.1) is 36.6 Å². The van der Waals surface area contributed by atoms with Crippen molar-refractivity contribution in [3.63, 3.8) is 0 Å². The molecule has 0 saturated carbocycles. The second-order valence-corrected chi connectivity index (χ2v) is 10.9. The predicted octanol–water partition coefficient (Wildman–Crippen LogP) is 3.79. The molecule has 41 heavy (non-hydrogen) atoms. The molecule has 10 nitrogen and oxygen atoms in total. The van der Waals surface area contributed by atoms with Crippen LogP contribution in [0.3, 0.4) is 0 Å². The summed E-state index contributed by atoms with van der Waals surface area (Å²) in [5.74, 6) is -1.38. The number of nitrogens with zero attached hydrogens (tertiary/aromatic N) is 3. The van der Waals surface area contributed by atoms with Gasteiger partial charge >= 0.3 is 0 Å². The van der Waals surface area contributed by atoms with Crippen LogP contribution in [0.15, 0.2) is 77.8 Å². The Kier molecular flexibility index (Phi) is 7.75. The Bertz CT molecular complexity index is 1730. The first kappa shape index (κ1) is 27.8. The van der Waals surface area contributed by atoms with Gasteiger partial charge in [-0.25, -0.2) is 12.8 Å². The zero-order valence-electron chi connectivity index (χ0n) is 22.3. The Morgan fingerprint density at radius 1 is 0.829 bits per heavy atom. The molecule has 4 aromatic rings. The third kappa shape index (κ3) is 5.50. The lowest BCUT2D eigenvalue weighted by Crippen LogP contribution is -2.50. The maximum Gasteiger partial charge on any atom is 0.264 e. The van der Waals surface area contributed by atoms with E-state index in [0.29, 0.717) is 10.9 Å². The van der Waals surface area contributed by atoms with Crippen molar-refractivity contribution in [2.24, 2.45) is 0 Å². The molecular weight excluding hydrogens is 551 g/mol. The van der Waals surface area contributed by atoms with Crippen molar-refractivity contribution < 1.29 is 31.9 Å². The molecule has 0 spiro atoms. The van der Waals surface area contributed by atoms with E-state index in [1.807, 2.05) is 0 Å². The second kappa shape index (κ2) is 11.4. The van der Waals surface area contributed by atoms with E-state index in [4.69, 9.17) is 9.47 Å². The molecule has 12 heteroatoms. The predicted molar refractivity (Wildman–Crippen MR) is 150 cm³/mol. The third-order valence-electron chi connectivity index (χ3n) is 6.84. The molecule has 1 aliphatic rings. The first-order chi connectivity index (χ1) is 19.7. The number of nitrogens with one attached hydrogen (secondary N) is 1. The number of rotatable bonds is 7. The normalized spacial score (nSPS) is 13.6. The van der Waals surface area contributed by atoms with E-state index in [9.17, 15) is 22.4 Å². The lowest BCUT2D eigenvalue weighted by molar-refractivity contribution is 0.0530. The van der Waals surface area contributed by atoms with E-state index >= 15 is 0 Å². The lowest BCUT2D eigenvalue weighted by atomic mass is 10.1. The Morgan fingerprint density at radius 3 is 2.15 bits per heavy atom. The molecular formula is C29H27FN4O6S. The van der Waals surface area contributed by atoms with Gasteiger partial charge in [0.25, 0.3) is 21.8 Å². The molecule has 0 unspecified atom stereocenters. The number of carbonyl (C=O) groups excluding carboxylic acids is 2. The van der Waals surface area contributed by atoms with Crippen LogP contribution >= 0.6 is 0 Å². The van der Waals surface area contributed by atoms with Crippen LogP contribution in [0.2, 0.25) is 0 Å². The number of piperazine rings is 1. The summed E-state index contributed by atoms with van der Waals surface area (Å²) >= 11 is 0. The number of para-hydroxylation sites is 1. The summed E-state index contributed by atoms with van der Waals surface area (Å²) in [6.07, 6.45) is 1.53. The monoisotopic (exact) mass is 578 g/mol. The lowest BCUT2D eigenvalue weighted by Gasteiger charge is -2.35. The van der Waals surface area contributed by atoms with Crippen LogP contribution in [0.25, 0.3) is 10.9 Å². The summed E-state index contributed by atoms with van der Waals surface area (Å²) in [6.45, 7) is 0.866. The number of amides is 2. The van der Waals surface area contributed by atoms with Crippen molar-refractivity contribution in [1.29, 1.82) is 0 Å². The van der Waals surface area contributed by atoms with E-state index in [2.05, 4.69) is 9.71 Å². The summed E-state index contributed by atoms with van der Waals surface area (Å²) in [6, 6.07) is 17.2. The van der Waals surface area contributed by atoms with Gasteiger partial charge in [-0.05, 0) is 36.4 Å². The molecule has 1 fully saturated rings. The minimum Gasteiger partial charge on any atom is -0.496 e. The highest BCUT2D eigenvalue weighted by Crippen LogP contribution is 2.29. The number of hydrogen-bond acceptors (Lipinski definition) is 7. The van der Waals surface area contributed by atoms with Gasteiger partial charge < -0.3 is 19.3 Å². The fourth-order valence-electron chi connectivity index (χ4n) is 4.72. The molecule has 0 radical (unpaired) electrons. The Hall–Kier alpha value is -4.71. The number of ether oxygens (including phenoxy) is 2. The molecule has 3 aromatic carbocycles. The molecule has 1 saturated heterocycles. The summed E-state index contributed by atoms with van der Waals surface area (Å²) in [5.41, 5.74) is 0.694. The molecule has 0 atom stereocenters. The molecule has 1 aliphatic heterocycles. The van der Waals surface area contributed by atoms with E-state index in [-0.39, 0.29) is 65.3 Å². The van der Waals surface area contributed by atoms with Gasteiger partial charge in [-0.1, -0.05) is 24.3 Å². The van der Waals surface area contributed by atoms with Crippen LogP contribution in [0.1, 0.15) is 20.7 Å². The summed E-state index contributed by atoms with van der Waals surface area (Å²) in [7, 11) is -1.28. The van der Waals surface area contributed by atoms with Crippen molar-refractivity contribution in [2.75, 3.05) is 45.1 Å². The van der Waals surface area contributed by atoms with Crippen molar-refractivity contribution in [3.05, 3.63) is 89.9 Å². The first-order valence-corrected chi connectivity index (χ1v) is 14.2. The minimum absolute atomic E-state index is 0.0173. The highest BCUT2D eigenvalue weighted by molar-refractivity contribution is 7.93. The summed E-state index contributed by atoms with van der Waals surface area (Å²) in [5, 5.41) is 0.685. The molecule has 0 aliphatic carbocycles. The number of pyridine rings is 1. The van der Waals surface area contributed by atoms with E-state index < -0.39 is 21.7 Å². The first-order valence-electron chi connectivity index (χ1n) is 12.7. The van der Waals surface area contributed by atoms with Crippen LogP contribution in [0.5, 0.6) is 11.5 Å². The smallest absolute Gasteiger partial charge is 0.264 e. The average Bonchev–Trinajstić information content (AvgIpc) is 3.00. The van der Waals surface area contributed by atoms with Gasteiger partial charge in [0.15, 0.2) is 11.6 Å². The molecule has 0 bridgehead atoms. The number of halogens is 1. The van der Waals surface area contributed by atoms with E-state index in [1.165, 1.54) is 61.7 Å². The third-order valence-corrected chi connectivity index (χ3v) is 8.25. The zero-order valence-corrected chi connectivity index (χ0v) is 23.2. The highest BCUT2D eigenvalue weighted by atomic mass is 32.2. The molecule has 212 valence electrons. The number of carbonyl (C=O) groups is 2. The van der Waals surface area contributed by atoms with Crippen molar-refractivity contribution in [1.82, 2.24) is 14.8 Å². The fourth-order valence-corrected chi connectivity index (χ4v) is 5.95. The van der Waals surface area contributed by atoms with Crippen LogP contribution in [0.4, 0.5) is 10.1 Å². The van der Waals surface area contributed by atoms with Gasteiger partial charge in [-0.3, -0.25) is 19.3 Å². The van der Waals surface area contributed by atoms with Gasteiger partial charge in [0.2, 0.25) is 0 Å². The van der Waals surface area contributed by atoms with E-state index in [1.54, 1.807) is 35.2 Å². The molecule has 2 amide bonds. The van der Waals surface area contributed by atoms with Crippen LogP contribution < -0.4 is 14.2 Å². The van der Waals surface area contributed by atoms with E-state index in [0.717, 1.165) is 0 Å². The minimum atomic E-state index is -4.00. The zero-order chi connectivity index (χ0) is 29.1. The molecule has 5 rings (SSSR count). The second-order valence-electron chi connectivity index (χ2n) is 9.26. The van der Waals surface area contributed by atoms with Crippen LogP contribution in [0, 0.1) is 5.82 Å². The molecule has 1 N–H and O–H groups in total. The highest BCUT2D eigenvalue weighted by Gasteiger charge is 2.29. The largest absolute Gasteiger partial charge is 0.496 e. The van der Waals surface area contributed by atoms with Crippen molar-refractivity contribution in [3.8, 4) is 11.5 Å². The topological polar surface area (TPSA) is 118 Å².